The Bertz CT molecular complexity index is 1680. The first-order valence-corrected chi connectivity index (χ1v) is 15.3. The molecule has 0 unspecified atom stereocenters. The Labute approximate surface area is 256 Å². The van der Waals surface area contributed by atoms with Crippen molar-refractivity contribution in [3.05, 3.63) is 53.9 Å². The van der Waals surface area contributed by atoms with Gasteiger partial charge in [0, 0.05) is 11.0 Å². The summed E-state index contributed by atoms with van der Waals surface area (Å²) < 4.78 is 94.2. The third-order valence-electron chi connectivity index (χ3n) is 6.31. The smallest absolute Gasteiger partial charge is 0.444 e. The van der Waals surface area contributed by atoms with E-state index in [1.807, 2.05) is 20.8 Å². The number of halogens is 4. The van der Waals surface area contributed by atoms with Crippen LogP contribution in [0.25, 0.3) is 11.5 Å². The van der Waals surface area contributed by atoms with Gasteiger partial charge in [-0.2, -0.15) is 17.6 Å². The second kappa shape index (κ2) is 11.9. The zero-order valence-electron chi connectivity index (χ0n) is 25.2. The fourth-order valence-electron chi connectivity index (χ4n) is 4.22. The van der Waals surface area contributed by atoms with Crippen LogP contribution in [0.5, 0.6) is 5.75 Å². The maximum absolute atomic E-state index is 13.9. The van der Waals surface area contributed by atoms with Gasteiger partial charge in [0.25, 0.3) is 5.91 Å². The molecule has 0 spiro atoms. The van der Waals surface area contributed by atoms with Crippen molar-refractivity contribution in [2.45, 2.75) is 82.6 Å². The Kier molecular flexibility index (Phi) is 8.94. The van der Waals surface area contributed by atoms with Crippen LogP contribution in [0.15, 0.2) is 51.8 Å². The first-order chi connectivity index (χ1) is 20.7. The Hall–Kier alpha value is -4.21. The van der Waals surface area contributed by atoms with E-state index in [4.69, 9.17) is 9.15 Å². The van der Waals surface area contributed by atoms with Crippen LogP contribution in [0.4, 0.5) is 28.0 Å². The maximum Gasteiger partial charge on any atom is 0.461 e. The van der Waals surface area contributed by atoms with E-state index in [9.17, 15) is 35.6 Å². The molecule has 1 aromatic heterocycles. The summed E-state index contributed by atoms with van der Waals surface area (Å²) in [7, 11) is -4.20. The number of alkyl carbamates (subject to hydrolysis) is 1. The molecule has 45 heavy (non-hydrogen) atoms. The van der Waals surface area contributed by atoms with Gasteiger partial charge in [-0.1, -0.05) is 32.9 Å². The highest BCUT2D eigenvalue weighted by molar-refractivity contribution is 7.91. The highest BCUT2D eigenvalue weighted by Crippen LogP contribution is 2.36. The van der Waals surface area contributed by atoms with Crippen LogP contribution >= 0.6 is 0 Å². The van der Waals surface area contributed by atoms with Gasteiger partial charge in [0.2, 0.25) is 11.8 Å². The van der Waals surface area contributed by atoms with E-state index >= 15 is 0 Å². The molecule has 3 aromatic rings. The highest BCUT2D eigenvalue weighted by Gasteiger charge is 2.44. The minimum Gasteiger partial charge on any atom is -0.444 e. The van der Waals surface area contributed by atoms with Crippen LogP contribution < -0.4 is 15.0 Å². The zero-order valence-corrected chi connectivity index (χ0v) is 26.0. The monoisotopic (exact) mass is 656 g/mol. The number of sulfone groups is 1. The van der Waals surface area contributed by atoms with E-state index in [-0.39, 0.29) is 28.6 Å². The molecule has 0 bridgehead atoms. The predicted molar refractivity (Wildman–Crippen MR) is 153 cm³/mol. The van der Waals surface area contributed by atoms with Gasteiger partial charge < -0.3 is 24.1 Å². The Morgan fingerprint density at radius 2 is 1.71 bits per heavy atom. The molecule has 4 rings (SSSR count). The van der Waals surface area contributed by atoms with E-state index in [1.54, 1.807) is 20.8 Å². The summed E-state index contributed by atoms with van der Waals surface area (Å²) in [5, 5.41) is 10.4. The summed E-state index contributed by atoms with van der Waals surface area (Å²) >= 11 is 0. The van der Waals surface area contributed by atoms with Gasteiger partial charge in [-0.25, -0.2) is 13.2 Å². The second-order valence-electron chi connectivity index (χ2n) is 12.4. The lowest BCUT2D eigenvalue weighted by Crippen LogP contribution is -2.51. The summed E-state index contributed by atoms with van der Waals surface area (Å²) in [6.07, 6.45) is -9.81. The molecule has 1 aliphatic rings. The number of carbonyl (C=O) groups excluding carboxylic acids is 2. The molecule has 1 N–H and O–H groups in total. The molecule has 1 aliphatic heterocycles. The van der Waals surface area contributed by atoms with Gasteiger partial charge in [-0.05, 0) is 56.7 Å². The number of amides is 2. The molecule has 0 aliphatic carbocycles. The lowest BCUT2D eigenvalue weighted by molar-refractivity contribution is -0.253. The third kappa shape index (κ3) is 7.90. The van der Waals surface area contributed by atoms with Gasteiger partial charge >= 0.3 is 18.6 Å². The van der Waals surface area contributed by atoms with Crippen molar-refractivity contribution in [2.24, 2.45) is 0 Å². The van der Waals surface area contributed by atoms with E-state index in [1.165, 1.54) is 30.3 Å². The maximum atomic E-state index is 13.9. The molecule has 2 heterocycles. The first kappa shape index (κ1) is 33.7. The van der Waals surface area contributed by atoms with Crippen LogP contribution in [0.2, 0.25) is 0 Å². The van der Waals surface area contributed by atoms with Crippen LogP contribution in [0.3, 0.4) is 0 Å². The lowest BCUT2D eigenvalue weighted by atomic mass is 9.97. The molecular weight excluding hydrogens is 624 g/mol. The number of aromatic nitrogens is 2. The third-order valence-corrected chi connectivity index (χ3v) is 8.10. The van der Waals surface area contributed by atoms with E-state index in [2.05, 4.69) is 20.3 Å². The van der Waals surface area contributed by atoms with E-state index in [0.717, 1.165) is 17.0 Å². The van der Waals surface area contributed by atoms with E-state index in [0.29, 0.717) is 11.5 Å². The molecule has 0 fully saturated rings. The predicted octanol–water partition coefficient (Wildman–Crippen LogP) is 5.48. The van der Waals surface area contributed by atoms with Crippen LogP contribution in [-0.4, -0.2) is 60.5 Å². The number of rotatable bonds is 7. The number of nitrogens with one attached hydrogen (secondary N) is 1. The molecule has 0 radical (unpaired) electrons. The molecule has 2 amide bonds. The average molecular weight is 657 g/mol. The second-order valence-corrected chi connectivity index (χ2v) is 14.4. The number of carbonyl (C=O) groups is 2. The van der Waals surface area contributed by atoms with Gasteiger partial charge in [0.1, 0.15) is 17.4 Å². The standard InChI is InChI=1S/C29H32F4N4O7S/c1-27(2,3)25-36-35-22(42-25)17-9-12-21-20(13-17)37(14-16-7-10-18(11-8-16)43-29(32,33)24(30)31)23(38)19(15-45(21,40)41)34-26(39)44-28(4,5)6/h7-13,19,24H,14-15H2,1-6H3,(H,34,39)/t19-/m0/s1. The number of alkyl halides is 4. The Balaban J connectivity index is 1.77. The number of benzene rings is 2. The summed E-state index contributed by atoms with van der Waals surface area (Å²) in [6.45, 7) is 10.0. The highest BCUT2D eigenvalue weighted by atomic mass is 32.2. The topological polar surface area (TPSA) is 141 Å². The van der Waals surface area contributed by atoms with Gasteiger partial charge in [-0.3, -0.25) is 4.79 Å². The van der Waals surface area contributed by atoms with Crippen molar-refractivity contribution in [3.63, 3.8) is 0 Å². The number of hydrogen-bond acceptors (Lipinski definition) is 9. The lowest BCUT2D eigenvalue weighted by Gasteiger charge is -2.27. The van der Waals surface area contributed by atoms with Crippen molar-refractivity contribution >= 4 is 27.5 Å². The fourth-order valence-corrected chi connectivity index (χ4v) is 5.83. The number of anilines is 1. The van der Waals surface area contributed by atoms with E-state index < -0.39 is 62.9 Å². The molecule has 2 aromatic carbocycles. The molecule has 11 nitrogen and oxygen atoms in total. The molecule has 0 saturated carbocycles. The quantitative estimate of drug-likeness (QED) is 0.327. The SMILES string of the molecule is CC(C)(C)OC(=O)N[C@H]1CS(=O)(=O)c2ccc(-c3nnc(C(C)(C)C)o3)cc2N(Cc2ccc(OC(F)(F)C(F)F)cc2)C1=O. The summed E-state index contributed by atoms with van der Waals surface area (Å²) in [4.78, 5) is 27.4. The van der Waals surface area contributed by atoms with Crippen LogP contribution in [0.1, 0.15) is 53.0 Å². The molecule has 0 saturated heterocycles. The van der Waals surface area contributed by atoms with Crippen LogP contribution in [-0.2, 0) is 31.3 Å². The minimum absolute atomic E-state index is 0.0571. The van der Waals surface area contributed by atoms with Crippen molar-refractivity contribution in [2.75, 3.05) is 10.7 Å². The van der Waals surface area contributed by atoms with Gasteiger partial charge in [0.15, 0.2) is 9.84 Å². The van der Waals surface area contributed by atoms with Crippen molar-refractivity contribution < 1.29 is 49.5 Å². The number of ether oxygens (including phenoxy) is 2. The van der Waals surface area contributed by atoms with Gasteiger partial charge in [0.05, 0.1) is 22.9 Å². The Morgan fingerprint density at radius 3 is 2.27 bits per heavy atom. The van der Waals surface area contributed by atoms with Gasteiger partial charge in [-0.15, -0.1) is 10.2 Å². The normalized spacial score (nSPS) is 17.1. The number of nitrogens with zero attached hydrogens (tertiary/aromatic N) is 3. The molecule has 16 heteroatoms. The summed E-state index contributed by atoms with van der Waals surface area (Å²) in [6, 6.07) is 7.02. The largest absolute Gasteiger partial charge is 0.461 e. The molecular formula is C29H32F4N4O7S. The van der Waals surface area contributed by atoms with Crippen molar-refractivity contribution in [3.8, 4) is 17.2 Å². The first-order valence-electron chi connectivity index (χ1n) is 13.6. The van der Waals surface area contributed by atoms with Crippen molar-refractivity contribution in [1.29, 1.82) is 0 Å². The summed E-state index contributed by atoms with van der Waals surface area (Å²) in [5.74, 6) is -1.81. The number of fused-ring (bicyclic) bond motifs is 1. The minimum atomic E-state index is -4.73. The van der Waals surface area contributed by atoms with Crippen molar-refractivity contribution in [1.82, 2.24) is 15.5 Å². The Morgan fingerprint density at radius 1 is 1.07 bits per heavy atom. The van der Waals surface area contributed by atoms with Crippen LogP contribution in [0, 0.1) is 0 Å². The number of hydrogen-bond donors (Lipinski definition) is 1. The molecule has 244 valence electrons. The summed E-state index contributed by atoms with van der Waals surface area (Å²) in [5.41, 5.74) is -0.935. The fraction of sp³-hybridized carbons (Fsp3) is 0.448. The molecule has 1 atom stereocenters. The zero-order chi connectivity index (χ0) is 33.5. The average Bonchev–Trinajstić information content (AvgIpc) is 3.39.